The van der Waals surface area contributed by atoms with Crippen molar-refractivity contribution in [3.8, 4) is 11.5 Å². The fourth-order valence-electron chi connectivity index (χ4n) is 2.49. The first kappa shape index (κ1) is 18.4. The maximum atomic E-state index is 14.7. The number of amides is 1. The van der Waals surface area contributed by atoms with Gasteiger partial charge in [0.1, 0.15) is 13.2 Å². The topological polar surface area (TPSA) is 61.6 Å². The summed E-state index contributed by atoms with van der Waals surface area (Å²) in [6, 6.07) is 18.7. The third-order valence-corrected chi connectivity index (χ3v) is 3.85. The highest BCUT2D eigenvalue weighted by atomic mass is 19.1. The molecule has 0 saturated carbocycles. The van der Waals surface area contributed by atoms with Gasteiger partial charge in [-0.2, -0.15) is 0 Å². The highest BCUT2D eigenvalue weighted by Gasteiger charge is 2.24. The van der Waals surface area contributed by atoms with Crippen molar-refractivity contribution in [2.45, 2.75) is 13.2 Å². The molecule has 27 heavy (non-hydrogen) atoms. The van der Waals surface area contributed by atoms with Gasteiger partial charge in [0.05, 0.1) is 5.56 Å². The van der Waals surface area contributed by atoms with Gasteiger partial charge in [-0.25, -0.2) is 8.78 Å². The van der Waals surface area contributed by atoms with E-state index < -0.39 is 34.6 Å². The Balaban J connectivity index is 1.92. The van der Waals surface area contributed by atoms with Crippen LogP contribution < -0.4 is 15.2 Å². The number of halogens is 2. The van der Waals surface area contributed by atoms with Crippen LogP contribution in [0.15, 0.2) is 66.7 Å². The number of primary amides is 1. The summed E-state index contributed by atoms with van der Waals surface area (Å²) in [4.78, 5) is 11.4. The van der Waals surface area contributed by atoms with E-state index in [1.54, 1.807) is 48.5 Å². The lowest BCUT2D eigenvalue weighted by Gasteiger charge is -2.16. The van der Waals surface area contributed by atoms with Crippen molar-refractivity contribution in [1.82, 2.24) is 0 Å². The molecule has 3 rings (SSSR count). The number of rotatable bonds is 7. The van der Waals surface area contributed by atoms with Crippen molar-refractivity contribution in [3.05, 3.63) is 95.1 Å². The molecule has 0 fully saturated rings. The molecule has 138 valence electrons. The number of hydrogen-bond acceptors (Lipinski definition) is 3. The van der Waals surface area contributed by atoms with Crippen LogP contribution in [0.3, 0.4) is 0 Å². The van der Waals surface area contributed by atoms with E-state index in [1.165, 1.54) is 0 Å². The third-order valence-electron chi connectivity index (χ3n) is 3.85. The van der Waals surface area contributed by atoms with Crippen molar-refractivity contribution < 1.29 is 23.0 Å². The summed E-state index contributed by atoms with van der Waals surface area (Å²) in [5.74, 6) is -3.96. The molecule has 2 N–H and O–H groups in total. The Labute approximate surface area is 155 Å². The van der Waals surface area contributed by atoms with Crippen LogP contribution in [0, 0.1) is 11.6 Å². The molecule has 3 aromatic carbocycles. The van der Waals surface area contributed by atoms with Crippen LogP contribution in [-0.4, -0.2) is 5.91 Å². The molecule has 6 heteroatoms. The molecule has 0 aliphatic carbocycles. The van der Waals surface area contributed by atoms with Crippen molar-refractivity contribution >= 4 is 5.91 Å². The molecule has 0 radical (unpaired) electrons. The van der Waals surface area contributed by atoms with Crippen LogP contribution in [0.1, 0.15) is 21.5 Å². The summed E-state index contributed by atoms with van der Waals surface area (Å²) in [5, 5.41) is 0. The highest BCUT2D eigenvalue weighted by Crippen LogP contribution is 2.36. The van der Waals surface area contributed by atoms with Gasteiger partial charge in [-0.05, 0) is 17.2 Å². The van der Waals surface area contributed by atoms with E-state index in [0.717, 1.165) is 11.1 Å². The molecular weight excluding hydrogens is 352 g/mol. The minimum absolute atomic E-state index is 0.00875. The minimum atomic E-state index is -1.09. The first-order chi connectivity index (χ1) is 13.1. The summed E-state index contributed by atoms with van der Waals surface area (Å²) in [6.07, 6.45) is 0. The second-order valence-electron chi connectivity index (χ2n) is 5.79. The first-order valence-electron chi connectivity index (χ1n) is 8.21. The van der Waals surface area contributed by atoms with E-state index >= 15 is 0 Å². The molecule has 0 aliphatic rings. The van der Waals surface area contributed by atoms with Gasteiger partial charge in [0, 0.05) is 0 Å². The zero-order valence-electron chi connectivity index (χ0n) is 14.3. The first-order valence-corrected chi connectivity index (χ1v) is 8.21. The zero-order chi connectivity index (χ0) is 19.2. The van der Waals surface area contributed by atoms with Gasteiger partial charge in [-0.1, -0.05) is 60.7 Å². The van der Waals surface area contributed by atoms with Gasteiger partial charge in [0.15, 0.2) is 11.6 Å². The van der Waals surface area contributed by atoms with Crippen LogP contribution in [0.4, 0.5) is 8.78 Å². The number of carbonyl (C=O) groups excluding carboxylic acids is 1. The maximum Gasteiger partial charge on any atom is 0.251 e. The molecule has 0 heterocycles. The smallest absolute Gasteiger partial charge is 0.251 e. The maximum absolute atomic E-state index is 14.7. The van der Waals surface area contributed by atoms with Crippen LogP contribution in [0.5, 0.6) is 11.5 Å². The van der Waals surface area contributed by atoms with Crippen molar-refractivity contribution in [2.75, 3.05) is 0 Å². The summed E-state index contributed by atoms with van der Waals surface area (Å²) < 4.78 is 40.2. The molecule has 0 unspecified atom stereocenters. The number of benzene rings is 3. The van der Waals surface area contributed by atoms with Gasteiger partial charge in [-0.3, -0.25) is 4.79 Å². The average Bonchev–Trinajstić information content (AvgIpc) is 2.68. The molecule has 0 aromatic heterocycles. The molecule has 4 nitrogen and oxygen atoms in total. The molecule has 0 spiro atoms. The molecule has 1 amide bonds. The third kappa shape index (κ3) is 4.41. The minimum Gasteiger partial charge on any atom is -0.482 e. The number of ether oxygens (including phenoxy) is 2. The van der Waals surface area contributed by atoms with Crippen molar-refractivity contribution in [2.24, 2.45) is 5.73 Å². The lowest BCUT2D eigenvalue weighted by molar-refractivity contribution is 0.0994. The molecule has 0 atom stereocenters. The molecule has 0 saturated heterocycles. The zero-order valence-corrected chi connectivity index (χ0v) is 14.3. The predicted molar refractivity (Wildman–Crippen MR) is 96.4 cm³/mol. The van der Waals surface area contributed by atoms with E-state index in [1.807, 2.05) is 12.1 Å². The summed E-state index contributed by atoms with van der Waals surface area (Å²) >= 11 is 0. The Morgan fingerprint density at radius 3 is 1.78 bits per heavy atom. The van der Waals surface area contributed by atoms with E-state index in [2.05, 4.69) is 0 Å². The highest BCUT2D eigenvalue weighted by molar-refractivity contribution is 5.94. The lowest BCUT2D eigenvalue weighted by atomic mass is 10.1. The quantitative estimate of drug-likeness (QED) is 0.678. The van der Waals surface area contributed by atoms with Crippen molar-refractivity contribution in [3.63, 3.8) is 0 Å². The average molecular weight is 369 g/mol. The number of carbonyl (C=O) groups is 1. The Hall–Kier alpha value is -3.41. The Morgan fingerprint density at radius 1 is 0.815 bits per heavy atom. The van der Waals surface area contributed by atoms with Crippen LogP contribution in [0.25, 0.3) is 0 Å². The molecular formula is C21H17F2NO3. The summed E-state index contributed by atoms with van der Waals surface area (Å²) in [5.41, 5.74) is 6.05. The molecule has 0 aliphatic heterocycles. The van der Waals surface area contributed by atoms with Gasteiger partial charge in [0.25, 0.3) is 5.91 Å². The van der Waals surface area contributed by atoms with Crippen LogP contribution in [0.2, 0.25) is 0 Å². The van der Waals surface area contributed by atoms with Crippen LogP contribution >= 0.6 is 0 Å². The van der Waals surface area contributed by atoms with Gasteiger partial charge in [-0.15, -0.1) is 0 Å². The Bertz CT molecular complexity index is 931. The fraction of sp³-hybridized carbons (Fsp3) is 0.0952. The van der Waals surface area contributed by atoms with E-state index in [0.29, 0.717) is 6.07 Å². The second-order valence-corrected chi connectivity index (χ2v) is 5.79. The van der Waals surface area contributed by atoms with Gasteiger partial charge in [0.2, 0.25) is 11.5 Å². The Morgan fingerprint density at radius 2 is 1.30 bits per heavy atom. The van der Waals surface area contributed by atoms with Crippen LogP contribution in [-0.2, 0) is 13.2 Å². The molecule has 3 aromatic rings. The van der Waals surface area contributed by atoms with E-state index in [9.17, 15) is 13.6 Å². The second kappa shape index (κ2) is 8.31. The van der Waals surface area contributed by atoms with E-state index in [-0.39, 0.29) is 13.2 Å². The monoisotopic (exact) mass is 369 g/mol. The number of nitrogens with two attached hydrogens (primary N) is 1. The summed E-state index contributed by atoms with van der Waals surface area (Å²) in [7, 11) is 0. The van der Waals surface area contributed by atoms with Crippen molar-refractivity contribution in [1.29, 1.82) is 0 Å². The SMILES string of the molecule is NC(=O)c1cc(F)c(OCc2ccccc2)c(OCc2ccccc2)c1F. The number of hydrogen-bond donors (Lipinski definition) is 1. The Kier molecular flexibility index (Phi) is 5.66. The van der Waals surface area contributed by atoms with Gasteiger partial charge >= 0.3 is 0 Å². The standard InChI is InChI=1S/C21H17F2NO3/c22-17-11-16(21(24)25)18(23)20(27-13-15-9-5-2-6-10-15)19(17)26-12-14-7-3-1-4-8-14/h1-11H,12-13H2,(H2,24,25). The normalized spacial score (nSPS) is 10.4. The lowest BCUT2D eigenvalue weighted by Crippen LogP contribution is -2.15. The summed E-state index contributed by atoms with van der Waals surface area (Å²) in [6.45, 7) is -0.0179. The van der Waals surface area contributed by atoms with E-state index in [4.69, 9.17) is 15.2 Å². The largest absolute Gasteiger partial charge is 0.482 e. The predicted octanol–water partition coefficient (Wildman–Crippen LogP) is 4.22. The fourth-order valence-corrected chi connectivity index (χ4v) is 2.49. The van der Waals surface area contributed by atoms with Gasteiger partial charge < -0.3 is 15.2 Å². The molecule has 0 bridgehead atoms.